The van der Waals surface area contributed by atoms with Crippen molar-refractivity contribution in [1.82, 2.24) is 0 Å². The summed E-state index contributed by atoms with van der Waals surface area (Å²) in [5.41, 5.74) is 0. The van der Waals surface area contributed by atoms with Gasteiger partial charge in [-0.3, -0.25) is 0 Å². The van der Waals surface area contributed by atoms with Gasteiger partial charge in [0.25, 0.3) is 0 Å². The maximum Gasteiger partial charge on any atom is -0.00261 e. The Balaban J connectivity index is 2.75. The molecule has 0 aromatic carbocycles. The molecule has 0 aliphatic rings. The van der Waals surface area contributed by atoms with Crippen LogP contribution in [0.5, 0.6) is 0 Å². The van der Waals surface area contributed by atoms with E-state index in [1.165, 1.54) is 25.0 Å². The van der Waals surface area contributed by atoms with Crippen LogP contribution < -0.4 is 0 Å². The molecule has 0 aromatic heterocycles. The molecule has 0 unspecified atom stereocenters. The van der Waals surface area contributed by atoms with Gasteiger partial charge in [0.1, 0.15) is 0 Å². The van der Waals surface area contributed by atoms with Gasteiger partial charge in [-0.2, -0.15) is 0 Å². The Morgan fingerprint density at radius 3 is 2.67 bits per heavy atom. The normalized spacial score (nSPS) is 10.9. The molecule has 0 nitrogen and oxygen atoms in total. The summed E-state index contributed by atoms with van der Waals surface area (Å²) in [5, 5.41) is 2.16. The molecule has 0 aliphatic heterocycles. The number of hydrogen-bond donors (Lipinski definition) is 0. The first-order valence-corrected chi connectivity index (χ1v) is 4.69. The van der Waals surface area contributed by atoms with E-state index in [2.05, 4.69) is 25.3 Å². The van der Waals surface area contributed by atoms with Crippen molar-refractivity contribution >= 4 is 11.8 Å². The molecule has 0 amide bonds. The summed E-state index contributed by atoms with van der Waals surface area (Å²) >= 11 is 1.91. The summed E-state index contributed by atoms with van der Waals surface area (Å²) < 4.78 is 0. The predicted octanol–water partition coefficient (Wildman–Crippen LogP) is 3.44. The van der Waals surface area contributed by atoms with Crippen molar-refractivity contribution < 1.29 is 0 Å². The van der Waals surface area contributed by atoms with Gasteiger partial charge in [-0.25, -0.2) is 0 Å². The predicted molar refractivity (Wildman–Crippen MR) is 46.8 cm³/mol. The zero-order chi connectivity index (χ0) is 6.95. The van der Waals surface area contributed by atoms with Crippen molar-refractivity contribution in [1.29, 1.82) is 0 Å². The summed E-state index contributed by atoms with van der Waals surface area (Å²) in [6.07, 6.45) is 6.17. The van der Waals surface area contributed by atoms with Gasteiger partial charge in [0.2, 0.25) is 0 Å². The highest BCUT2D eigenvalue weighted by Crippen LogP contribution is 2.06. The van der Waals surface area contributed by atoms with Crippen molar-refractivity contribution in [3.8, 4) is 0 Å². The summed E-state index contributed by atoms with van der Waals surface area (Å²) in [5.74, 6) is 1.29. The average molecular weight is 144 g/mol. The summed E-state index contributed by atoms with van der Waals surface area (Å²) in [6, 6.07) is 0. The molecule has 0 fully saturated rings. The van der Waals surface area contributed by atoms with E-state index in [1.807, 2.05) is 11.8 Å². The van der Waals surface area contributed by atoms with Crippen LogP contribution in [0.15, 0.2) is 11.5 Å². The Hall–Kier alpha value is 0.0900. The summed E-state index contributed by atoms with van der Waals surface area (Å²) in [4.78, 5) is 0. The second-order valence-corrected chi connectivity index (χ2v) is 3.06. The second-order valence-electron chi connectivity index (χ2n) is 2.05. The van der Waals surface area contributed by atoms with Crippen LogP contribution in [-0.2, 0) is 0 Å². The fourth-order valence-corrected chi connectivity index (χ4v) is 1.30. The van der Waals surface area contributed by atoms with E-state index in [0.717, 1.165) is 0 Å². The standard InChI is InChI=1S/C8H16S/c1-3-5-6-8-9-7-4-2/h4,7H,3,5-6,8H2,1-2H3/b7-4+. The van der Waals surface area contributed by atoms with Crippen LogP contribution in [-0.4, -0.2) is 5.75 Å². The molecule has 1 heteroatoms. The van der Waals surface area contributed by atoms with Crippen molar-refractivity contribution in [2.24, 2.45) is 0 Å². The lowest BCUT2D eigenvalue weighted by Gasteiger charge is -1.92. The van der Waals surface area contributed by atoms with E-state index in [1.54, 1.807) is 0 Å². The summed E-state index contributed by atoms with van der Waals surface area (Å²) in [7, 11) is 0. The molecule has 0 atom stereocenters. The van der Waals surface area contributed by atoms with Crippen molar-refractivity contribution in [2.45, 2.75) is 33.1 Å². The van der Waals surface area contributed by atoms with Gasteiger partial charge < -0.3 is 0 Å². The highest BCUT2D eigenvalue weighted by atomic mass is 32.2. The first-order chi connectivity index (χ1) is 4.41. The maximum atomic E-state index is 2.24. The fourth-order valence-electron chi connectivity index (χ4n) is 0.600. The molecule has 0 bridgehead atoms. The van der Waals surface area contributed by atoms with Gasteiger partial charge in [-0.1, -0.05) is 25.8 Å². The second kappa shape index (κ2) is 8.09. The third kappa shape index (κ3) is 8.09. The monoisotopic (exact) mass is 144 g/mol. The van der Waals surface area contributed by atoms with Crippen LogP contribution in [0.2, 0.25) is 0 Å². The van der Waals surface area contributed by atoms with Gasteiger partial charge >= 0.3 is 0 Å². The first-order valence-electron chi connectivity index (χ1n) is 3.64. The van der Waals surface area contributed by atoms with E-state index in [9.17, 15) is 0 Å². The molecule has 54 valence electrons. The Morgan fingerprint density at radius 2 is 2.11 bits per heavy atom. The minimum Gasteiger partial charge on any atom is -0.134 e. The molecule has 0 N–H and O–H groups in total. The number of hydrogen-bond acceptors (Lipinski definition) is 1. The smallest absolute Gasteiger partial charge is 0.00261 e. The molecule has 0 spiro atoms. The van der Waals surface area contributed by atoms with E-state index in [0.29, 0.717) is 0 Å². The molecule has 9 heavy (non-hydrogen) atoms. The summed E-state index contributed by atoms with van der Waals surface area (Å²) in [6.45, 7) is 4.30. The van der Waals surface area contributed by atoms with Crippen molar-refractivity contribution in [3.05, 3.63) is 11.5 Å². The van der Waals surface area contributed by atoms with E-state index >= 15 is 0 Å². The van der Waals surface area contributed by atoms with Crippen LogP contribution in [0.25, 0.3) is 0 Å². The zero-order valence-corrected chi connectivity index (χ0v) is 7.21. The fraction of sp³-hybridized carbons (Fsp3) is 0.750. The van der Waals surface area contributed by atoms with E-state index in [4.69, 9.17) is 0 Å². The van der Waals surface area contributed by atoms with Crippen LogP contribution in [0.4, 0.5) is 0 Å². The van der Waals surface area contributed by atoms with Crippen molar-refractivity contribution in [2.75, 3.05) is 5.75 Å². The molecule has 0 heterocycles. The third-order valence-corrected chi connectivity index (χ3v) is 2.09. The molecule has 0 radical (unpaired) electrons. The maximum absolute atomic E-state index is 2.24. The lowest BCUT2D eigenvalue weighted by Crippen LogP contribution is -1.75. The van der Waals surface area contributed by atoms with Crippen LogP contribution >= 0.6 is 11.8 Å². The van der Waals surface area contributed by atoms with Gasteiger partial charge in [0, 0.05) is 0 Å². The minimum absolute atomic E-state index is 1.29. The number of allylic oxidation sites excluding steroid dienone is 1. The van der Waals surface area contributed by atoms with Crippen molar-refractivity contribution in [3.63, 3.8) is 0 Å². The quantitative estimate of drug-likeness (QED) is 0.533. The molecule has 0 saturated carbocycles. The van der Waals surface area contributed by atoms with Gasteiger partial charge in [-0.15, -0.1) is 11.8 Å². The number of unbranched alkanes of at least 4 members (excludes halogenated alkanes) is 2. The lowest BCUT2D eigenvalue weighted by atomic mass is 10.3. The van der Waals surface area contributed by atoms with Gasteiger partial charge in [0.05, 0.1) is 0 Å². The molecule has 0 aliphatic carbocycles. The van der Waals surface area contributed by atoms with Gasteiger partial charge in [0.15, 0.2) is 0 Å². The largest absolute Gasteiger partial charge is 0.134 e. The minimum atomic E-state index is 1.29. The Morgan fingerprint density at radius 1 is 1.33 bits per heavy atom. The Kier molecular flexibility index (Phi) is 8.17. The lowest BCUT2D eigenvalue weighted by molar-refractivity contribution is 0.779. The topological polar surface area (TPSA) is 0 Å². The number of rotatable bonds is 5. The highest BCUT2D eigenvalue weighted by molar-refractivity contribution is 8.02. The molecular formula is C8H16S. The van der Waals surface area contributed by atoms with Crippen LogP contribution in [0, 0.1) is 0 Å². The van der Waals surface area contributed by atoms with E-state index < -0.39 is 0 Å². The Bertz CT molecular complexity index is 67.0. The molecule has 0 aromatic rings. The number of thioether (sulfide) groups is 1. The van der Waals surface area contributed by atoms with Crippen LogP contribution in [0.1, 0.15) is 33.1 Å². The average Bonchev–Trinajstić information content (AvgIpc) is 1.89. The Labute approximate surface area is 62.7 Å². The molecular weight excluding hydrogens is 128 g/mol. The third-order valence-electron chi connectivity index (χ3n) is 1.10. The SMILES string of the molecule is C/C=C/SCCCCC. The zero-order valence-electron chi connectivity index (χ0n) is 6.39. The molecule has 0 saturated heterocycles. The van der Waals surface area contributed by atoms with E-state index in [-0.39, 0.29) is 0 Å². The van der Waals surface area contributed by atoms with Crippen LogP contribution in [0.3, 0.4) is 0 Å². The molecule has 0 rings (SSSR count). The highest BCUT2D eigenvalue weighted by Gasteiger charge is 1.82. The van der Waals surface area contributed by atoms with Gasteiger partial charge in [-0.05, 0) is 24.5 Å². The first kappa shape index (κ1) is 9.09.